The first-order chi connectivity index (χ1) is 18.2. The lowest BCUT2D eigenvalue weighted by atomic mass is 9.76. The fourth-order valence-electron chi connectivity index (χ4n) is 5.21. The van der Waals surface area contributed by atoms with Gasteiger partial charge in [-0.1, -0.05) is 6.07 Å². The smallest absolute Gasteiger partial charge is 0.223 e. The standard InChI is InChI=1S/C27H35FN8O2/c1-16-10-22(32-23(11-16)33-24-12-17(2)34-35-24)27(38)8-6-19(7-9-27)26(37)31-18(3)20-4-5-25(29-13-20)36-15-21(28)14-30-36/h4-5,10-11,13-15,17-19,24,34-35,38H,6-9,12H2,1-3H3,(H,31,37)(H,32,33)/t17?,18-,19?,24?,27?/m0/s1. The molecule has 5 rings (SSSR count). The zero-order valence-electron chi connectivity index (χ0n) is 21.9. The number of halogens is 1. The van der Waals surface area contributed by atoms with E-state index in [0.29, 0.717) is 43.2 Å². The van der Waals surface area contributed by atoms with E-state index in [1.807, 2.05) is 32.0 Å². The molecule has 202 valence electrons. The summed E-state index contributed by atoms with van der Waals surface area (Å²) < 4.78 is 14.6. The van der Waals surface area contributed by atoms with E-state index in [1.54, 1.807) is 12.3 Å². The Balaban J connectivity index is 1.17. The predicted octanol–water partition coefficient (Wildman–Crippen LogP) is 2.99. The van der Waals surface area contributed by atoms with Crippen molar-refractivity contribution in [2.45, 2.75) is 76.7 Å². The van der Waals surface area contributed by atoms with E-state index in [9.17, 15) is 14.3 Å². The molecule has 1 saturated heterocycles. The van der Waals surface area contributed by atoms with Crippen LogP contribution in [0.15, 0.2) is 42.9 Å². The van der Waals surface area contributed by atoms with Gasteiger partial charge in [-0.15, -0.1) is 0 Å². The van der Waals surface area contributed by atoms with Crippen LogP contribution < -0.4 is 21.5 Å². The lowest BCUT2D eigenvalue weighted by molar-refractivity contribution is -0.128. The van der Waals surface area contributed by atoms with Crippen LogP contribution in [0.1, 0.15) is 68.8 Å². The molecular formula is C27H35FN8O2. The molecule has 2 aliphatic rings. The second kappa shape index (κ2) is 10.8. The maximum absolute atomic E-state index is 13.2. The molecule has 11 heteroatoms. The minimum atomic E-state index is -1.06. The van der Waals surface area contributed by atoms with Crippen molar-refractivity contribution in [3.8, 4) is 5.82 Å². The summed E-state index contributed by atoms with van der Waals surface area (Å²) >= 11 is 0. The Morgan fingerprint density at radius 3 is 2.66 bits per heavy atom. The lowest BCUT2D eigenvalue weighted by Crippen LogP contribution is -2.40. The summed E-state index contributed by atoms with van der Waals surface area (Å²) in [5.74, 6) is 0.574. The third kappa shape index (κ3) is 5.85. The monoisotopic (exact) mass is 522 g/mol. The summed E-state index contributed by atoms with van der Waals surface area (Å²) in [6.07, 6.45) is 7.11. The van der Waals surface area contributed by atoms with Crippen molar-refractivity contribution in [1.29, 1.82) is 0 Å². The molecule has 2 fully saturated rings. The third-order valence-corrected chi connectivity index (χ3v) is 7.46. The van der Waals surface area contributed by atoms with E-state index < -0.39 is 11.4 Å². The first-order valence-electron chi connectivity index (χ1n) is 13.1. The molecule has 1 aliphatic heterocycles. The summed E-state index contributed by atoms with van der Waals surface area (Å²) in [6.45, 7) is 6.01. The number of aromatic nitrogens is 4. The number of nitrogens with one attached hydrogen (secondary N) is 4. The highest BCUT2D eigenvalue weighted by molar-refractivity contribution is 5.79. The summed E-state index contributed by atoms with van der Waals surface area (Å²) in [4.78, 5) is 22.1. The van der Waals surface area contributed by atoms with Crippen LogP contribution in [-0.2, 0) is 10.4 Å². The van der Waals surface area contributed by atoms with Crippen LogP contribution in [0.25, 0.3) is 5.82 Å². The number of hydrazine groups is 1. The molecule has 10 nitrogen and oxygen atoms in total. The molecule has 0 radical (unpaired) electrons. The molecule has 3 aromatic heterocycles. The van der Waals surface area contributed by atoms with Gasteiger partial charge >= 0.3 is 0 Å². The largest absolute Gasteiger partial charge is 0.384 e. The molecule has 38 heavy (non-hydrogen) atoms. The predicted molar refractivity (Wildman–Crippen MR) is 140 cm³/mol. The number of carbonyl (C=O) groups is 1. The number of aliphatic hydroxyl groups is 1. The van der Waals surface area contributed by atoms with Crippen LogP contribution in [0.2, 0.25) is 0 Å². The second-order valence-electron chi connectivity index (χ2n) is 10.6. The van der Waals surface area contributed by atoms with Crippen LogP contribution in [0, 0.1) is 18.7 Å². The number of rotatable bonds is 7. The molecular weight excluding hydrogens is 487 g/mol. The highest BCUT2D eigenvalue weighted by atomic mass is 19.1. The van der Waals surface area contributed by atoms with E-state index in [4.69, 9.17) is 4.98 Å². The normalized spacial score (nSPS) is 26.2. The van der Waals surface area contributed by atoms with Gasteiger partial charge in [0, 0.05) is 18.2 Å². The van der Waals surface area contributed by atoms with Gasteiger partial charge in [-0.05, 0) is 82.2 Å². The van der Waals surface area contributed by atoms with Gasteiger partial charge in [0.2, 0.25) is 5.91 Å². The molecule has 0 bridgehead atoms. The lowest BCUT2D eigenvalue weighted by Gasteiger charge is -2.36. The van der Waals surface area contributed by atoms with E-state index in [2.05, 4.69) is 38.5 Å². The quantitative estimate of drug-likeness (QED) is 0.320. The summed E-state index contributed by atoms with van der Waals surface area (Å²) in [7, 11) is 0. The van der Waals surface area contributed by atoms with Gasteiger partial charge in [0.15, 0.2) is 11.6 Å². The van der Waals surface area contributed by atoms with Gasteiger partial charge in [-0.25, -0.2) is 24.5 Å². The molecule has 4 heterocycles. The zero-order valence-corrected chi connectivity index (χ0v) is 21.9. The summed E-state index contributed by atoms with van der Waals surface area (Å²) in [5.41, 5.74) is 7.85. The van der Waals surface area contributed by atoms with Crippen molar-refractivity contribution in [1.82, 2.24) is 35.9 Å². The molecule has 3 atom stereocenters. The number of hydrogen-bond acceptors (Lipinski definition) is 8. The fraction of sp³-hybridized carbons (Fsp3) is 0.481. The van der Waals surface area contributed by atoms with Crippen LogP contribution >= 0.6 is 0 Å². The topological polar surface area (TPSA) is 129 Å². The van der Waals surface area contributed by atoms with Gasteiger partial charge in [-0.2, -0.15) is 5.10 Å². The van der Waals surface area contributed by atoms with E-state index in [-0.39, 0.29) is 24.0 Å². The Bertz CT molecular complexity index is 1270. The molecule has 2 unspecified atom stereocenters. The zero-order chi connectivity index (χ0) is 26.9. The van der Waals surface area contributed by atoms with Crippen molar-refractivity contribution in [2.24, 2.45) is 5.92 Å². The highest BCUT2D eigenvalue weighted by Crippen LogP contribution is 2.39. The summed E-state index contributed by atoms with van der Waals surface area (Å²) in [6, 6.07) is 7.63. The third-order valence-electron chi connectivity index (χ3n) is 7.46. The summed E-state index contributed by atoms with van der Waals surface area (Å²) in [5, 5.41) is 21.9. The van der Waals surface area contributed by atoms with Gasteiger partial charge in [0.25, 0.3) is 0 Å². The molecule has 0 spiro atoms. The van der Waals surface area contributed by atoms with Gasteiger partial charge in [-0.3, -0.25) is 10.2 Å². The van der Waals surface area contributed by atoms with Gasteiger partial charge < -0.3 is 15.7 Å². The number of carbonyl (C=O) groups excluding carboxylic acids is 1. The van der Waals surface area contributed by atoms with Crippen molar-refractivity contribution < 1.29 is 14.3 Å². The SMILES string of the molecule is Cc1cc(NC2CC(C)NN2)nc(C2(O)CCC(C(=O)N[C@@H](C)c3ccc(-n4cc(F)cn4)nc3)CC2)c1. The Labute approximate surface area is 221 Å². The highest BCUT2D eigenvalue weighted by Gasteiger charge is 2.39. The van der Waals surface area contributed by atoms with E-state index in [1.165, 1.54) is 10.9 Å². The molecule has 5 N–H and O–H groups in total. The van der Waals surface area contributed by atoms with E-state index in [0.717, 1.165) is 29.6 Å². The molecule has 3 aromatic rings. The molecule has 1 aliphatic carbocycles. The maximum atomic E-state index is 13.2. The van der Waals surface area contributed by atoms with Crippen molar-refractivity contribution in [2.75, 3.05) is 5.32 Å². The van der Waals surface area contributed by atoms with E-state index >= 15 is 0 Å². The number of anilines is 1. The Kier molecular flexibility index (Phi) is 7.42. The van der Waals surface area contributed by atoms with Gasteiger partial charge in [0.1, 0.15) is 11.4 Å². The van der Waals surface area contributed by atoms with Crippen LogP contribution in [0.3, 0.4) is 0 Å². The Morgan fingerprint density at radius 1 is 1.24 bits per heavy atom. The Morgan fingerprint density at radius 2 is 2.03 bits per heavy atom. The maximum Gasteiger partial charge on any atom is 0.223 e. The minimum absolute atomic E-state index is 0.0359. The van der Waals surface area contributed by atoms with Crippen LogP contribution in [0.5, 0.6) is 0 Å². The fourth-order valence-corrected chi connectivity index (χ4v) is 5.21. The Hall–Kier alpha value is -3.41. The first-order valence-corrected chi connectivity index (χ1v) is 13.1. The average Bonchev–Trinajstić information content (AvgIpc) is 3.51. The number of nitrogens with zero attached hydrogens (tertiary/aromatic N) is 4. The van der Waals surface area contributed by atoms with Crippen LogP contribution in [-0.4, -0.2) is 43.0 Å². The average molecular weight is 523 g/mol. The molecule has 1 saturated carbocycles. The number of pyridine rings is 2. The minimum Gasteiger partial charge on any atom is -0.384 e. The first kappa shape index (κ1) is 26.2. The van der Waals surface area contributed by atoms with Crippen molar-refractivity contribution >= 4 is 11.7 Å². The molecule has 1 amide bonds. The number of aryl methyl sites for hydroxylation is 1. The van der Waals surface area contributed by atoms with Gasteiger partial charge in [0.05, 0.1) is 30.3 Å². The van der Waals surface area contributed by atoms with Crippen molar-refractivity contribution in [3.63, 3.8) is 0 Å². The number of hydrogen-bond donors (Lipinski definition) is 5. The van der Waals surface area contributed by atoms with Crippen molar-refractivity contribution in [3.05, 3.63) is 65.5 Å². The van der Waals surface area contributed by atoms with Crippen LogP contribution in [0.4, 0.5) is 10.2 Å². The number of amides is 1. The second-order valence-corrected chi connectivity index (χ2v) is 10.6. The molecule has 0 aromatic carbocycles.